The molecule has 0 unspecified atom stereocenters. The number of ether oxygens (including phenoxy) is 1. The van der Waals surface area contributed by atoms with E-state index in [2.05, 4.69) is 32.3 Å². The Labute approximate surface area is 87.4 Å². The zero-order valence-corrected chi connectivity index (χ0v) is 9.87. The van der Waals surface area contributed by atoms with Crippen molar-refractivity contribution in [2.75, 3.05) is 0 Å². The normalized spacial score (nSPS) is 15.6. The number of allylic oxidation sites excluding steroid dienone is 2. The zero-order chi connectivity index (χ0) is 11.1. The summed E-state index contributed by atoms with van der Waals surface area (Å²) in [6.07, 6.45) is 3.68. The van der Waals surface area contributed by atoms with Crippen LogP contribution >= 0.6 is 0 Å². The minimum atomic E-state index is 0.227. The fraction of sp³-hybridized carbons (Fsp3) is 0.583. The molecule has 0 aromatic heterocycles. The van der Waals surface area contributed by atoms with Gasteiger partial charge < -0.3 is 4.74 Å². The molecule has 0 amide bonds. The molecule has 0 saturated carbocycles. The van der Waals surface area contributed by atoms with Crippen molar-refractivity contribution in [2.24, 2.45) is 10.9 Å². The van der Waals surface area contributed by atoms with Gasteiger partial charge in [-0.15, -0.1) is 0 Å². The van der Waals surface area contributed by atoms with Gasteiger partial charge in [0.1, 0.15) is 5.76 Å². The van der Waals surface area contributed by atoms with E-state index in [-0.39, 0.29) is 6.10 Å². The fourth-order valence-corrected chi connectivity index (χ4v) is 0.705. The summed E-state index contributed by atoms with van der Waals surface area (Å²) in [4.78, 5) is 4.17. The summed E-state index contributed by atoms with van der Waals surface area (Å²) in [5, 5.41) is 0. The Balaban J connectivity index is 4.20. The maximum atomic E-state index is 5.63. The third-order valence-electron chi connectivity index (χ3n) is 2.06. The van der Waals surface area contributed by atoms with Gasteiger partial charge in [-0.1, -0.05) is 20.4 Å². The van der Waals surface area contributed by atoms with E-state index in [1.807, 2.05) is 13.8 Å². The Bertz CT molecular complexity index is 239. The van der Waals surface area contributed by atoms with E-state index in [1.54, 1.807) is 12.3 Å². The van der Waals surface area contributed by atoms with Crippen LogP contribution < -0.4 is 0 Å². The first-order valence-electron chi connectivity index (χ1n) is 4.97. The number of hydrogen-bond acceptors (Lipinski definition) is 2. The second-order valence-electron chi connectivity index (χ2n) is 3.78. The van der Waals surface area contributed by atoms with Gasteiger partial charge in [-0.25, -0.2) is 0 Å². The number of hydrogen-bond donors (Lipinski definition) is 0. The summed E-state index contributed by atoms with van der Waals surface area (Å²) < 4.78 is 5.63. The van der Waals surface area contributed by atoms with Crippen LogP contribution in [-0.4, -0.2) is 11.8 Å². The Morgan fingerprint density at radius 1 is 1.29 bits per heavy atom. The fourth-order valence-electron chi connectivity index (χ4n) is 0.705. The smallest absolute Gasteiger partial charge is 0.111 e. The Kier molecular flexibility index (Phi) is 5.93. The van der Waals surface area contributed by atoms with E-state index >= 15 is 0 Å². The van der Waals surface area contributed by atoms with Crippen molar-refractivity contribution in [2.45, 2.75) is 40.7 Å². The van der Waals surface area contributed by atoms with Crippen LogP contribution in [0.5, 0.6) is 0 Å². The van der Waals surface area contributed by atoms with Gasteiger partial charge in [0.15, 0.2) is 0 Å². The van der Waals surface area contributed by atoms with Gasteiger partial charge in [-0.3, -0.25) is 4.99 Å². The SMILES string of the molecule is C=C/C(C)=N\C=C(/C)O[C@@H](C)C(C)C. The van der Waals surface area contributed by atoms with Gasteiger partial charge in [-0.2, -0.15) is 0 Å². The van der Waals surface area contributed by atoms with Crippen molar-refractivity contribution in [3.8, 4) is 0 Å². The molecule has 0 aliphatic heterocycles. The van der Waals surface area contributed by atoms with E-state index in [4.69, 9.17) is 4.74 Å². The van der Waals surface area contributed by atoms with Crippen molar-refractivity contribution in [3.05, 3.63) is 24.6 Å². The number of nitrogens with zero attached hydrogens (tertiary/aromatic N) is 1. The highest BCUT2D eigenvalue weighted by Gasteiger charge is 2.07. The number of aliphatic imine (C=N–C) groups is 1. The third kappa shape index (κ3) is 5.57. The van der Waals surface area contributed by atoms with E-state index in [0.29, 0.717) is 5.92 Å². The topological polar surface area (TPSA) is 21.6 Å². The molecule has 2 heteroatoms. The highest BCUT2D eigenvalue weighted by molar-refractivity contribution is 5.92. The molecular formula is C12H21NO. The molecule has 0 aromatic carbocycles. The van der Waals surface area contributed by atoms with Crippen molar-refractivity contribution < 1.29 is 4.74 Å². The van der Waals surface area contributed by atoms with Crippen LogP contribution in [0.2, 0.25) is 0 Å². The van der Waals surface area contributed by atoms with Gasteiger partial charge in [0.25, 0.3) is 0 Å². The standard InChI is InChI=1S/C12H21NO/c1-7-10(4)13-8-11(5)14-12(6)9(2)3/h7-9,12H,1H2,2-6H3/b11-8+,13-10-/t12-/m0/s1. The van der Waals surface area contributed by atoms with Crippen LogP contribution in [0.15, 0.2) is 29.6 Å². The summed E-state index contributed by atoms with van der Waals surface area (Å²) in [6, 6.07) is 0. The molecule has 14 heavy (non-hydrogen) atoms. The number of rotatable bonds is 5. The van der Waals surface area contributed by atoms with Crippen LogP contribution in [0.1, 0.15) is 34.6 Å². The van der Waals surface area contributed by atoms with Crippen molar-refractivity contribution in [1.29, 1.82) is 0 Å². The Morgan fingerprint density at radius 2 is 1.86 bits per heavy atom. The van der Waals surface area contributed by atoms with E-state index in [9.17, 15) is 0 Å². The van der Waals surface area contributed by atoms with Crippen LogP contribution in [0.3, 0.4) is 0 Å². The average molecular weight is 195 g/mol. The maximum absolute atomic E-state index is 5.63. The first kappa shape index (κ1) is 12.9. The largest absolute Gasteiger partial charge is 0.493 e. The molecular weight excluding hydrogens is 174 g/mol. The van der Waals surface area contributed by atoms with Crippen LogP contribution in [0.4, 0.5) is 0 Å². The van der Waals surface area contributed by atoms with Crippen molar-refractivity contribution in [1.82, 2.24) is 0 Å². The first-order chi connectivity index (χ1) is 6.47. The maximum Gasteiger partial charge on any atom is 0.111 e. The molecule has 0 radical (unpaired) electrons. The van der Waals surface area contributed by atoms with Crippen LogP contribution in [-0.2, 0) is 4.74 Å². The molecule has 80 valence electrons. The van der Waals surface area contributed by atoms with Crippen molar-refractivity contribution in [3.63, 3.8) is 0 Å². The first-order valence-corrected chi connectivity index (χ1v) is 4.97. The summed E-state index contributed by atoms with van der Waals surface area (Å²) in [5.41, 5.74) is 0.894. The average Bonchev–Trinajstić information content (AvgIpc) is 2.13. The van der Waals surface area contributed by atoms with Gasteiger partial charge in [-0.05, 0) is 32.8 Å². The van der Waals surface area contributed by atoms with Crippen LogP contribution in [0, 0.1) is 5.92 Å². The monoisotopic (exact) mass is 195 g/mol. The predicted octanol–water partition coefficient (Wildman–Crippen LogP) is 3.56. The lowest BCUT2D eigenvalue weighted by atomic mass is 10.1. The van der Waals surface area contributed by atoms with Crippen molar-refractivity contribution >= 4 is 5.71 Å². The lowest BCUT2D eigenvalue weighted by Gasteiger charge is -2.17. The minimum absolute atomic E-state index is 0.227. The van der Waals surface area contributed by atoms with Gasteiger partial charge in [0.05, 0.1) is 12.3 Å². The molecule has 0 saturated heterocycles. The second kappa shape index (κ2) is 6.41. The highest BCUT2D eigenvalue weighted by atomic mass is 16.5. The molecule has 0 rings (SSSR count). The molecule has 0 heterocycles. The highest BCUT2D eigenvalue weighted by Crippen LogP contribution is 2.10. The molecule has 0 aliphatic carbocycles. The Hall–Kier alpha value is -1.05. The molecule has 2 nitrogen and oxygen atoms in total. The predicted molar refractivity (Wildman–Crippen MR) is 62.4 cm³/mol. The molecule has 0 bridgehead atoms. The molecule has 1 atom stereocenters. The Morgan fingerprint density at radius 3 is 2.29 bits per heavy atom. The minimum Gasteiger partial charge on any atom is -0.493 e. The van der Waals surface area contributed by atoms with Gasteiger partial charge in [0, 0.05) is 5.71 Å². The molecule has 0 N–H and O–H groups in total. The summed E-state index contributed by atoms with van der Waals surface area (Å²) in [5.74, 6) is 1.36. The molecule has 0 fully saturated rings. The van der Waals surface area contributed by atoms with Crippen LogP contribution in [0.25, 0.3) is 0 Å². The van der Waals surface area contributed by atoms with E-state index in [0.717, 1.165) is 11.5 Å². The quantitative estimate of drug-likeness (QED) is 0.485. The van der Waals surface area contributed by atoms with Gasteiger partial charge >= 0.3 is 0 Å². The zero-order valence-electron chi connectivity index (χ0n) is 9.87. The molecule has 0 aliphatic rings. The lowest BCUT2D eigenvalue weighted by molar-refractivity contribution is 0.0933. The lowest BCUT2D eigenvalue weighted by Crippen LogP contribution is -2.14. The second-order valence-corrected chi connectivity index (χ2v) is 3.78. The summed E-state index contributed by atoms with van der Waals surface area (Å²) in [7, 11) is 0. The van der Waals surface area contributed by atoms with E-state index < -0.39 is 0 Å². The summed E-state index contributed by atoms with van der Waals surface area (Å²) in [6.45, 7) is 13.8. The molecule has 0 aromatic rings. The van der Waals surface area contributed by atoms with E-state index in [1.165, 1.54) is 0 Å². The third-order valence-corrected chi connectivity index (χ3v) is 2.06. The molecule has 0 spiro atoms. The summed E-state index contributed by atoms with van der Waals surface area (Å²) >= 11 is 0. The van der Waals surface area contributed by atoms with Gasteiger partial charge in [0.2, 0.25) is 0 Å².